The van der Waals surface area contributed by atoms with Gasteiger partial charge in [-0.1, -0.05) is 13.0 Å². The first-order chi connectivity index (χ1) is 8.71. The third-order valence-electron chi connectivity index (χ3n) is 2.37. The van der Waals surface area contributed by atoms with Gasteiger partial charge in [0.1, 0.15) is 11.5 Å². The van der Waals surface area contributed by atoms with Crippen LogP contribution in [0.4, 0.5) is 0 Å². The van der Waals surface area contributed by atoms with Crippen LogP contribution < -0.4 is 20.5 Å². The van der Waals surface area contributed by atoms with Crippen molar-refractivity contribution in [1.29, 1.82) is 0 Å². The van der Waals surface area contributed by atoms with Gasteiger partial charge in [-0.25, -0.2) is 0 Å². The third-order valence-corrected chi connectivity index (χ3v) is 2.37. The van der Waals surface area contributed by atoms with Gasteiger partial charge in [0, 0.05) is 25.2 Å². The Morgan fingerprint density at radius 1 is 1.39 bits per heavy atom. The fraction of sp³-hybridized carbons (Fsp3) is 0.462. The van der Waals surface area contributed by atoms with Crippen molar-refractivity contribution in [2.45, 2.75) is 19.9 Å². The van der Waals surface area contributed by atoms with E-state index in [4.69, 9.17) is 15.2 Å². The zero-order valence-electron chi connectivity index (χ0n) is 10.9. The van der Waals surface area contributed by atoms with Gasteiger partial charge < -0.3 is 20.5 Å². The minimum Gasteiger partial charge on any atom is -0.493 e. The van der Waals surface area contributed by atoms with Crippen molar-refractivity contribution in [3.8, 4) is 11.5 Å². The van der Waals surface area contributed by atoms with E-state index >= 15 is 0 Å². The predicted molar refractivity (Wildman–Crippen MR) is 69.7 cm³/mol. The highest BCUT2D eigenvalue weighted by molar-refractivity contribution is 5.77. The third kappa shape index (κ3) is 4.25. The summed E-state index contributed by atoms with van der Waals surface area (Å²) in [5.41, 5.74) is 6.47. The van der Waals surface area contributed by atoms with Crippen molar-refractivity contribution < 1.29 is 14.3 Å². The van der Waals surface area contributed by atoms with Gasteiger partial charge in [0.05, 0.1) is 6.61 Å². The number of hydrogen-bond acceptors (Lipinski definition) is 4. The summed E-state index contributed by atoms with van der Waals surface area (Å²) in [7, 11) is 1.57. The molecular formula is C13H20N2O3. The first kappa shape index (κ1) is 14.3. The van der Waals surface area contributed by atoms with Gasteiger partial charge in [-0.3, -0.25) is 4.79 Å². The molecule has 0 saturated heterocycles. The molecule has 0 aromatic heterocycles. The fourth-order valence-electron chi connectivity index (χ4n) is 1.36. The van der Waals surface area contributed by atoms with Gasteiger partial charge in [0.15, 0.2) is 6.61 Å². The zero-order chi connectivity index (χ0) is 13.4. The molecule has 0 spiro atoms. The van der Waals surface area contributed by atoms with Crippen LogP contribution in [0.2, 0.25) is 0 Å². The van der Waals surface area contributed by atoms with Crippen LogP contribution in [0, 0.1) is 0 Å². The largest absolute Gasteiger partial charge is 0.493 e. The van der Waals surface area contributed by atoms with Gasteiger partial charge in [-0.15, -0.1) is 0 Å². The van der Waals surface area contributed by atoms with Crippen molar-refractivity contribution in [2.24, 2.45) is 5.73 Å². The number of ether oxygens (including phenoxy) is 2. The molecule has 0 bridgehead atoms. The summed E-state index contributed by atoms with van der Waals surface area (Å²) in [5.74, 6) is 1.13. The van der Waals surface area contributed by atoms with E-state index in [0.29, 0.717) is 18.9 Å². The molecule has 0 aliphatic carbocycles. The number of benzene rings is 1. The zero-order valence-corrected chi connectivity index (χ0v) is 10.9. The maximum atomic E-state index is 11.1. The van der Waals surface area contributed by atoms with E-state index in [1.807, 2.05) is 19.1 Å². The van der Waals surface area contributed by atoms with Crippen LogP contribution in [0.3, 0.4) is 0 Å². The molecule has 0 aliphatic heterocycles. The summed E-state index contributed by atoms with van der Waals surface area (Å²) in [5, 5.41) is 2.50. The quantitative estimate of drug-likeness (QED) is 0.761. The Hall–Kier alpha value is -1.75. The number of carbonyl (C=O) groups excluding carboxylic acids is 1. The van der Waals surface area contributed by atoms with Crippen LogP contribution >= 0.6 is 0 Å². The number of carbonyl (C=O) groups is 1. The molecule has 1 rings (SSSR count). The molecule has 0 fully saturated rings. The number of hydrogen-bond donors (Lipinski definition) is 2. The summed E-state index contributed by atoms with van der Waals surface area (Å²) in [6.07, 6.45) is 0.938. The SMILES string of the molecule is CCCOc1ccc(CN)c(OCC(=O)NC)c1. The molecule has 3 N–H and O–H groups in total. The van der Waals surface area contributed by atoms with Gasteiger partial charge in [-0.05, 0) is 12.5 Å². The highest BCUT2D eigenvalue weighted by atomic mass is 16.5. The normalized spacial score (nSPS) is 9.94. The Balaban J connectivity index is 2.74. The lowest BCUT2D eigenvalue weighted by atomic mass is 10.2. The lowest BCUT2D eigenvalue weighted by Gasteiger charge is -2.12. The summed E-state index contributed by atoms with van der Waals surface area (Å²) >= 11 is 0. The molecule has 1 aromatic carbocycles. The highest BCUT2D eigenvalue weighted by Gasteiger charge is 2.07. The Labute approximate surface area is 107 Å². The van der Waals surface area contributed by atoms with Crippen molar-refractivity contribution in [1.82, 2.24) is 5.32 Å². The molecule has 18 heavy (non-hydrogen) atoms. The van der Waals surface area contributed by atoms with Gasteiger partial charge in [0.25, 0.3) is 5.91 Å². The topological polar surface area (TPSA) is 73.6 Å². The predicted octanol–water partition coefficient (Wildman–Crippen LogP) is 1.06. The standard InChI is InChI=1S/C13H20N2O3/c1-3-6-17-11-5-4-10(8-14)12(7-11)18-9-13(16)15-2/h4-5,7H,3,6,8-9,14H2,1-2H3,(H,15,16). The summed E-state index contributed by atoms with van der Waals surface area (Å²) in [6, 6.07) is 5.47. The average Bonchev–Trinajstić information content (AvgIpc) is 2.42. The minimum absolute atomic E-state index is 0.0271. The smallest absolute Gasteiger partial charge is 0.257 e. The van der Waals surface area contributed by atoms with E-state index in [-0.39, 0.29) is 12.5 Å². The number of likely N-dealkylation sites (N-methyl/N-ethyl adjacent to an activating group) is 1. The second kappa shape index (κ2) is 7.55. The molecule has 0 saturated carbocycles. The monoisotopic (exact) mass is 252 g/mol. The summed E-state index contributed by atoms with van der Waals surface area (Å²) in [6.45, 7) is 3.02. The van der Waals surface area contributed by atoms with Crippen molar-refractivity contribution in [2.75, 3.05) is 20.3 Å². The van der Waals surface area contributed by atoms with Crippen molar-refractivity contribution >= 4 is 5.91 Å². The van der Waals surface area contributed by atoms with E-state index in [9.17, 15) is 4.79 Å². The van der Waals surface area contributed by atoms with Crippen LogP contribution in [0.5, 0.6) is 11.5 Å². The molecular weight excluding hydrogens is 232 g/mol. The lowest BCUT2D eigenvalue weighted by Crippen LogP contribution is -2.25. The van der Waals surface area contributed by atoms with Gasteiger partial charge in [-0.2, -0.15) is 0 Å². The second-order valence-corrected chi connectivity index (χ2v) is 3.78. The molecule has 0 aliphatic rings. The Bertz CT molecular complexity index is 394. The first-order valence-electron chi connectivity index (χ1n) is 6.00. The maximum absolute atomic E-state index is 11.1. The van der Waals surface area contributed by atoms with Crippen LogP contribution in [0.25, 0.3) is 0 Å². The van der Waals surface area contributed by atoms with Crippen molar-refractivity contribution in [3.05, 3.63) is 23.8 Å². The Kier molecular flexibility index (Phi) is 6.00. The number of nitrogens with two attached hydrogens (primary N) is 1. The summed E-state index contributed by atoms with van der Waals surface area (Å²) < 4.78 is 10.9. The highest BCUT2D eigenvalue weighted by Crippen LogP contribution is 2.24. The van der Waals surface area contributed by atoms with Crippen molar-refractivity contribution in [3.63, 3.8) is 0 Å². The maximum Gasteiger partial charge on any atom is 0.257 e. The van der Waals surface area contributed by atoms with E-state index in [1.165, 1.54) is 0 Å². The van der Waals surface area contributed by atoms with Crippen LogP contribution in [0.15, 0.2) is 18.2 Å². The van der Waals surface area contributed by atoms with Gasteiger partial charge >= 0.3 is 0 Å². The van der Waals surface area contributed by atoms with Crippen LogP contribution in [-0.2, 0) is 11.3 Å². The lowest BCUT2D eigenvalue weighted by molar-refractivity contribution is -0.122. The molecule has 1 amide bonds. The molecule has 0 radical (unpaired) electrons. The molecule has 100 valence electrons. The molecule has 1 aromatic rings. The molecule has 5 nitrogen and oxygen atoms in total. The van der Waals surface area contributed by atoms with E-state index in [1.54, 1.807) is 13.1 Å². The van der Waals surface area contributed by atoms with E-state index in [2.05, 4.69) is 5.32 Å². The molecule has 0 atom stereocenters. The van der Waals surface area contributed by atoms with Crippen LogP contribution in [-0.4, -0.2) is 26.2 Å². The number of nitrogens with one attached hydrogen (secondary N) is 1. The first-order valence-corrected chi connectivity index (χ1v) is 6.00. The van der Waals surface area contributed by atoms with E-state index in [0.717, 1.165) is 17.7 Å². The average molecular weight is 252 g/mol. The Morgan fingerprint density at radius 2 is 2.17 bits per heavy atom. The molecule has 0 unspecified atom stereocenters. The van der Waals surface area contributed by atoms with Gasteiger partial charge in [0.2, 0.25) is 0 Å². The molecule has 0 heterocycles. The minimum atomic E-state index is -0.183. The number of rotatable bonds is 7. The van der Waals surface area contributed by atoms with Crippen LogP contribution in [0.1, 0.15) is 18.9 Å². The second-order valence-electron chi connectivity index (χ2n) is 3.78. The number of amides is 1. The summed E-state index contributed by atoms with van der Waals surface area (Å²) in [4.78, 5) is 11.1. The van der Waals surface area contributed by atoms with E-state index < -0.39 is 0 Å². The Morgan fingerprint density at radius 3 is 2.78 bits per heavy atom. The molecule has 5 heteroatoms. The fourth-order valence-corrected chi connectivity index (χ4v) is 1.36.